The maximum Gasteiger partial charge on any atom is 0.410 e. The van der Waals surface area contributed by atoms with Crippen LogP contribution in [0.5, 0.6) is 5.75 Å². The Balaban J connectivity index is 1.68. The molecule has 24 heavy (non-hydrogen) atoms. The molecule has 1 aromatic rings. The fourth-order valence-corrected chi connectivity index (χ4v) is 4.29. The number of hydrogen-bond donors (Lipinski definition) is 0. The van der Waals surface area contributed by atoms with Gasteiger partial charge in [0.2, 0.25) is 0 Å². The van der Waals surface area contributed by atoms with Crippen molar-refractivity contribution in [1.29, 1.82) is 0 Å². The van der Waals surface area contributed by atoms with E-state index in [1.54, 1.807) is 0 Å². The smallest absolute Gasteiger partial charge is 0.410 e. The van der Waals surface area contributed by atoms with Crippen LogP contribution in [0.25, 0.3) is 0 Å². The van der Waals surface area contributed by atoms with Gasteiger partial charge >= 0.3 is 6.09 Å². The second-order valence-electron chi connectivity index (χ2n) is 7.79. The Kier molecular flexibility index (Phi) is 5.27. The lowest BCUT2D eigenvalue weighted by Crippen LogP contribution is -2.57. The Morgan fingerprint density at radius 1 is 1.21 bits per heavy atom. The van der Waals surface area contributed by atoms with E-state index in [9.17, 15) is 4.79 Å². The van der Waals surface area contributed by atoms with E-state index >= 15 is 0 Å². The van der Waals surface area contributed by atoms with E-state index in [-0.39, 0.29) is 24.3 Å². The third-order valence-corrected chi connectivity index (χ3v) is 5.31. The number of hydrogen-bond acceptors (Lipinski definition) is 3. The van der Waals surface area contributed by atoms with Gasteiger partial charge in [0.25, 0.3) is 0 Å². The molecule has 2 heterocycles. The third-order valence-electron chi connectivity index (χ3n) is 4.63. The zero-order chi connectivity index (χ0) is 17.3. The lowest BCUT2D eigenvalue weighted by Gasteiger charge is -2.48. The molecule has 5 heteroatoms. The molecule has 2 fully saturated rings. The molecule has 2 bridgehead atoms. The van der Waals surface area contributed by atoms with Gasteiger partial charge in [-0.05, 0) is 80.8 Å². The van der Waals surface area contributed by atoms with Gasteiger partial charge in [-0.2, -0.15) is 0 Å². The predicted octanol–water partition coefficient (Wildman–Crippen LogP) is 4.99. The van der Waals surface area contributed by atoms with Crippen LogP contribution in [-0.4, -0.2) is 34.8 Å². The molecule has 1 aromatic carbocycles. The van der Waals surface area contributed by atoms with E-state index < -0.39 is 5.60 Å². The first-order valence-electron chi connectivity index (χ1n) is 8.75. The van der Waals surface area contributed by atoms with Crippen molar-refractivity contribution in [3.8, 4) is 5.75 Å². The second-order valence-corrected chi connectivity index (χ2v) is 9.04. The summed E-state index contributed by atoms with van der Waals surface area (Å²) in [4.78, 5) is 14.6. The molecule has 0 aromatic heterocycles. The van der Waals surface area contributed by atoms with E-state index in [1.165, 1.54) is 9.99 Å². The molecule has 0 radical (unpaired) electrons. The van der Waals surface area contributed by atoms with Crippen LogP contribution in [0.1, 0.15) is 52.9 Å². The van der Waals surface area contributed by atoms with Crippen molar-refractivity contribution in [1.82, 2.24) is 4.90 Å². The van der Waals surface area contributed by atoms with Crippen molar-refractivity contribution in [2.45, 2.75) is 76.7 Å². The van der Waals surface area contributed by atoms with Gasteiger partial charge in [-0.25, -0.2) is 4.79 Å². The van der Waals surface area contributed by atoms with Gasteiger partial charge in [-0.3, -0.25) is 0 Å². The summed E-state index contributed by atoms with van der Waals surface area (Å²) in [6.07, 6.45) is 5.07. The SMILES string of the molecule is CC(C)(C)OC(=O)N1C2CCCC1CC(Oc1cccc(I)c1)C2. The summed E-state index contributed by atoms with van der Waals surface area (Å²) in [6.45, 7) is 5.77. The lowest BCUT2D eigenvalue weighted by atomic mass is 9.83. The van der Waals surface area contributed by atoms with Crippen LogP contribution in [0.15, 0.2) is 24.3 Å². The number of piperidine rings is 2. The van der Waals surface area contributed by atoms with E-state index in [2.05, 4.69) is 34.7 Å². The van der Waals surface area contributed by atoms with Crippen LogP contribution >= 0.6 is 22.6 Å². The van der Waals surface area contributed by atoms with Gasteiger partial charge in [-0.15, -0.1) is 0 Å². The van der Waals surface area contributed by atoms with Crippen molar-refractivity contribution >= 4 is 28.7 Å². The summed E-state index contributed by atoms with van der Waals surface area (Å²) in [7, 11) is 0. The summed E-state index contributed by atoms with van der Waals surface area (Å²) in [5.74, 6) is 0.927. The Morgan fingerprint density at radius 2 is 1.88 bits per heavy atom. The topological polar surface area (TPSA) is 38.8 Å². The zero-order valence-corrected chi connectivity index (χ0v) is 16.8. The molecule has 2 atom stereocenters. The summed E-state index contributed by atoms with van der Waals surface area (Å²) >= 11 is 2.30. The molecular weight excluding hydrogens is 417 g/mol. The van der Waals surface area contributed by atoms with E-state index in [4.69, 9.17) is 9.47 Å². The normalized spacial score (nSPS) is 26.8. The van der Waals surface area contributed by atoms with Crippen molar-refractivity contribution < 1.29 is 14.3 Å². The van der Waals surface area contributed by atoms with Crippen LogP contribution in [0.2, 0.25) is 0 Å². The molecule has 0 saturated carbocycles. The summed E-state index contributed by atoms with van der Waals surface area (Å²) in [6, 6.07) is 8.63. The number of carbonyl (C=O) groups excluding carboxylic acids is 1. The lowest BCUT2D eigenvalue weighted by molar-refractivity contribution is -0.0406. The summed E-state index contributed by atoms with van der Waals surface area (Å²) < 4.78 is 13.0. The Hall–Kier alpha value is -0.980. The minimum absolute atomic E-state index is 0.162. The number of amides is 1. The summed E-state index contributed by atoms with van der Waals surface area (Å²) in [5.41, 5.74) is -0.445. The minimum Gasteiger partial charge on any atom is -0.490 e. The molecule has 132 valence electrons. The third kappa shape index (κ3) is 4.35. The zero-order valence-electron chi connectivity index (χ0n) is 14.6. The Morgan fingerprint density at radius 3 is 2.46 bits per heavy atom. The van der Waals surface area contributed by atoms with Crippen LogP contribution in [0.3, 0.4) is 0 Å². The molecule has 1 amide bonds. The van der Waals surface area contributed by atoms with Gasteiger partial charge in [0.1, 0.15) is 17.5 Å². The number of carbonyl (C=O) groups is 1. The number of nitrogens with zero attached hydrogens (tertiary/aromatic N) is 1. The average Bonchev–Trinajstić information content (AvgIpc) is 2.44. The highest BCUT2D eigenvalue weighted by atomic mass is 127. The largest absolute Gasteiger partial charge is 0.490 e. The maximum absolute atomic E-state index is 12.6. The molecule has 0 N–H and O–H groups in total. The molecule has 3 rings (SSSR count). The van der Waals surface area contributed by atoms with Crippen molar-refractivity contribution in [2.24, 2.45) is 0 Å². The molecule has 0 spiro atoms. The number of fused-ring (bicyclic) bond motifs is 2. The second kappa shape index (κ2) is 7.10. The average molecular weight is 443 g/mol. The van der Waals surface area contributed by atoms with Gasteiger partial charge < -0.3 is 14.4 Å². The molecule has 2 unspecified atom stereocenters. The standard InChI is InChI=1S/C19H26INO3/c1-19(2,3)24-18(22)21-14-7-5-8-15(21)12-17(11-14)23-16-9-4-6-13(20)10-16/h4,6,9-10,14-15,17H,5,7-8,11-12H2,1-3H3. The van der Waals surface area contributed by atoms with Crippen LogP contribution in [-0.2, 0) is 4.74 Å². The number of ether oxygens (including phenoxy) is 2. The molecule has 4 nitrogen and oxygen atoms in total. The fourth-order valence-electron chi connectivity index (χ4n) is 3.77. The number of halogens is 1. The number of rotatable bonds is 2. The van der Waals surface area contributed by atoms with Crippen LogP contribution in [0, 0.1) is 3.57 Å². The van der Waals surface area contributed by atoms with Gasteiger partial charge in [0.05, 0.1) is 0 Å². The van der Waals surface area contributed by atoms with E-state index in [0.29, 0.717) is 0 Å². The van der Waals surface area contributed by atoms with Gasteiger partial charge in [0, 0.05) is 28.5 Å². The molecular formula is C19H26INO3. The maximum atomic E-state index is 12.6. The highest BCUT2D eigenvalue weighted by Gasteiger charge is 2.43. The van der Waals surface area contributed by atoms with Crippen molar-refractivity contribution in [2.75, 3.05) is 0 Å². The van der Waals surface area contributed by atoms with Gasteiger partial charge in [0.15, 0.2) is 0 Å². The molecule has 2 aliphatic rings. The molecule has 0 aliphatic carbocycles. The van der Waals surface area contributed by atoms with Crippen LogP contribution in [0.4, 0.5) is 4.79 Å². The first kappa shape index (κ1) is 17.8. The van der Waals surface area contributed by atoms with Crippen molar-refractivity contribution in [3.63, 3.8) is 0 Å². The quantitative estimate of drug-likeness (QED) is 0.605. The highest BCUT2D eigenvalue weighted by Crippen LogP contribution is 2.36. The molecule has 2 aliphatic heterocycles. The number of benzene rings is 1. The van der Waals surface area contributed by atoms with E-state index in [0.717, 1.165) is 31.4 Å². The molecule has 2 saturated heterocycles. The highest BCUT2D eigenvalue weighted by molar-refractivity contribution is 14.1. The minimum atomic E-state index is -0.445. The first-order valence-corrected chi connectivity index (χ1v) is 9.83. The van der Waals surface area contributed by atoms with E-state index in [1.807, 2.05) is 37.8 Å². The predicted molar refractivity (Wildman–Crippen MR) is 102 cm³/mol. The Labute approximate surface area is 158 Å². The van der Waals surface area contributed by atoms with Crippen molar-refractivity contribution in [3.05, 3.63) is 27.8 Å². The van der Waals surface area contributed by atoms with Crippen LogP contribution < -0.4 is 4.74 Å². The first-order chi connectivity index (χ1) is 11.3. The van der Waals surface area contributed by atoms with Gasteiger partial charge in [-0.1, -0.05) is 6.07 Å². The summed E-state index contributed by atoms with van der Waals surface area (Å²) in [5, 5.41) is 0. The Bertz CT molecular complexity index is 585. The monoisotopic (exact) mass is 443 g/mol. The fraction of sp³-hybridized carbons (Fsp3) is 0.632.